The number of pyridine rings is 1. The van der Waals surface area contributed by atoms with E-state index in [1.807, 2.05) is 12.1 Å². The molecular weight excluding hydrogens is 293 g/mol. The fourth-order valence-electron chi connectivity index (χ4n) is 2.37. The van der Waals surface area contributed by atoms with E-state index < -0.39 is 5.82 Å². The molecule has 1 atom stereocenters. The van der Waals surface area contributed by atoms with Crippen LogP contribution in [0.2, 0.25) is 5.02 Å². The van der Waals surface area contributed by atoms with E-state index in [9.17, 15) is 9.18 Å². The second kappa shape index (κ2) is 5.33. The van der Waals surface area contributed by atoms with Crippen LogP contribution in [0.1, 0.15) is 5.56 Å². The molecule has 1 unspecified atom stereocenters. The number of amides is 1. The number of anilines is 2. The zero-order valence-electron chi connectivity index (χ0n) is 11.3. The number of halogens is 2. The second-order valence-electron chi connectivity index (χ2n) is 4.91. The summed E-state index contributed by atoms with van der Waals surface area (Å²) in [5.41, 5.74) is 1.57. The lowest BCUT2D eigenvalue weighted by atomic mass is 10.1. The third-order valence-corrected chi connectivity index (χ3v) is 3.84. The van der Waals surface area contributed by atoms with E-state index in [1.165, 1.54) is 23.1 Å². The third kappa shape index (κ3) is 2.56. The molecule has 1 aliphatic heterocycles. The number of carbonyl (C=O) groups is 1. The van der Waals surface area contributed by atoms with Gasteiger partial charge in [0.15, 0.2) is 0 Å². The van der Waals surface area contributed by atoms with Crippen molar-refractivity contribution in [3.05, 3.63) is 52.9 Å². The molecule has 0 fully saturated rings. The Morgan fingerprint density at radius 3 is 3.00 bits per heavy atom. The van der Waals surface area contributed by atoms with Gasteiger partial charge >= 0.3 is 0 Å². The van der Waals surface area contributed by atoms with Crippen LogP contribution in [0.15, 0.2) is 36.5 Å². The molecule has 0 radical (unpaired) electrons. The van der Waals surface area contributed by atoms with E-state index in [2.05, 4.69) is 10.3 Å². The Hall–Kier alpha value is -2.14. The number of carbonyl (C=O) groups excluding carboxylic acids is 1. The molecule has 0 saturated heterocycles. The predicted octanol–water partition coefficient (Wildman–Crippen LogP) is 2.87. The third-order valence-electron chi connectivity index (χ3n) is 3.55. The van der Waals surface area contributed by atoms with Gasteiger partial charge in [0.25, 0.3) is 0 Å². The minimum atomic E-state index is -0.503. The molecule has 1 amide bonds. The average Bonchev–Trinajstić information content (AvgIpc) is 2.92. The number of nitrogens with zero attached hydrogens (tertiary/aromatic N) is 2. The molecule has 1 aromatic heterocycles. The Kier molecular flexibility index (Phi) is 3.51. The van der Waals surface area contributed by atoms with Crippen LogP contribution in [0.3, 0.4) is 0 Å². The summed E-state index contributed by atoms with van der Waals surface area (Å²) >= 11 is 5.76. The zero-order chi connectivity index (χ0) is 15.0. The van der Waals surface area contributed by atoms with Gasteiger partial charge in [-0.25, -0.2) is 9.37 Å². The normalized spacial score (nSPS) is 16.2. The molecule has 0 spiro atoms. The van der Waals surface area contributed by atoms with Crippen molar-refractivity contribution < 1.29 is 9.18 Å². The van der Waals surface area contributed by atoms with Crippen molar-refractivity contribution in [3.63, 3.8) is 0 Å². The van der Waals surface area contributed by atoms with E-state index in [4.69, 9.17) is 11.6 Å². The monoisotopic (exact) mass is 305 g/mol. The van der Waals surface area contributed by atoms with E-state index >= 15 is 0 Å². The summed E-state index contributed by atoms with van der Waals surface area (Å²) in [6, 6.07) is 7.63. The number of hydrogen-bond acceptors (Lipinski definition) is 3. The van der Waals surface area contributed by atoms with E-state index in [-0.39, 0.29) is 17.0 Å². The van der Waals surface area contributed by atoms with Crippen molar-refractivity contribution in [3.8, 4) is 0 Å². The molecule has 3 rings (SSSR count). The van der Waals surface area contributed by atoms with Gasteiger partial charge in [0.1, 0.15) is 17.7 Å². The van der Waals surface area contributed by atoms with Crippen LogP contribution in [0.4, 0.5) is 15.9 Å². The van der Waals surface area contributed by atoms with Crippen LogP contribution >= 0.6 is 11.6 Å². The van der Waals surface area contributed by atoms with Gasteiger partial charge in [0, 0.05) is 25.4 Å². The molecule has 2 heterocycles. The predicted molar refractivity (Wildman–Crippen MR) is 80.2 cm³/mol. The Bertz CT molecular complexity index is 682. The average molecular weight is 306 g/mol. The Morgan fingerprint density at radius 2 is 2.29 bits per heavy atom. The van der Waals surface area contributed by atoms with Crippen molar-refractivity contribution in [2.75, 3.05) is 17.3 Å². The molecule has 108 valence electrons. The molecule has 21 heavy (non-hydrogen) atoms. The van der Waals surface area contributed by atoms with Crippen molar-refractivity contribution in [1.29, 1.82) is 0 Å². The molecule has 4 nitrogen and oxygen atoms in total. The Labute approximate surface area is 126 Å². The van der Waals surface area contributed by atoms with Crippen LogP contribution in [0.25, 0.3) is 0 Å². The Morgan fingerprint density at radius 1 is 1.48 bits per heavy atom. The lowest BCUT2D eigenvalue weighted by Crippen LogP contribution is -2.40. The summed E-state index contributed by atoms with van der Waals surface area (Å²) in [6.07, 6.45) is 2.27. The minimum absolute atomic E-state index is 0.00326. The van der Waals surface area contributed by atoms with Gasteiger partial charge in [-0.15, -0.1) is 0 Å². The highest BCUT2D eigenvalue weighted by atomic mass is 35.5. The van der Waals surface area contributed by atoms with E-state index in [1.54, 1.807) is 13.2 Å². The summed E-state index contributed by atoms with van der Waals surface area (Å²) in [7, 11) is 1.64. The maximum absolute atomic E-state index is 13.2. The first-order valence-corrected chi connectivity index (χ1v) is 6.87. The summed E-state index contributed by atoms with van der Waals surface area (Å²) < 4.78 is 13.2. The molecule has 1 aromatic carbocycles. The topological polar surface area (TPSA) is 45.2 Å². The fourth-order valence-corrected chi connectivity index (χ4v) is 2.55. The smallest absolute Gasteiger partial charge is 0.249 e. The number of likely N-dealkylation sites (N-methyl/N-ethyl adjacent to an activating group) is 1. The number of rotatable bonds is 2. The molecule has 0 saturated carbocycles. The summed E-state index contributed by atoms with van der Waals surface area (Å²) in [4.78, 5) is 18.2. The fraction of sp³-hybridized carbons (Fsp3) is 0.200. The lowest BCUT2D eigenvalue weighted by molar-refractivity contribution is -0.118. The molecule has 6 heteroatoms. The van der Waals surface area contributed by atoms with Gasteiger partial charge in [-0.3, -0.25) is 4.79 Å². The lowest BCUT2D eigenvalue weighted by Gasteiger charge is -2.21. The van der Waals surface area contributed by atoms with Gasteiger partial charge in [0.05, 0.1) is 5.02 Å². The summed E-state index contributed by atoms with van der Waals surface area (Å²) in [5.74, 6) is 0.119. The van der Waals surface area contributed by atoms with Crippen molar-refractivity contribution in [2.45, 2.75) is 12.5 Å². The molecule has 2 aromatic rings. The molecule has 1 N–H and O–H groups in total. The van der Waals surface area contributed by atoms with Gasteiger partial charge in [-0.1, -0.05) is 17.7 Å². The molecule has 0 aliphatic carbocycles. The standard InChI is InChI=1S/C15H13ClFN3O/c1-20(10-4-5-12(17)11(16)8-10)15(21)13-7-9-3-2-6-18-14(9)19-13/h2-6,8,13H,7H2,1H3,(H,18,19). The van der Waals surface area contributed by atoms with Crippen LogP contribution in [0.5, 0.6) is 0 Å². The first-order valence-electron chi connectivity index (χ1n) is 6.49. The number of hydrogen-bond donors (Lipinski definition) is 1. The number of aromatic nitrogens is 1. The highest BCUT2D eigenvalue weighted by Crippen LogP contribution is 2.26. The zero-order valence-corrected chi connectivity index (χ0v) is 12.1. The maximum Gasteiger partial charge on any atom is 0.249 e. The van der Waals surface area contributed by atoms with Crippen LogP contribution in [-0.4, -0.2) is 24.0 Å². The molecule has 1 aliphatic rings. The van der Waals surface area contributed by atoms with Gasteiger partial charge in [-0.05, 0) is 29.8 Å². The maximum atomic E-state index is 13.2. The summed E-state index contributed by atoms with van der Waals surface area (Å²) in [5, 5.41) is 3.10. The van der Waals surface area contributed by atoms with Crippen molar-refractivity contribution in [2.24, 2.45) is 0 Å². The van der Waals surface area contributed by atoms with Gasteiger partial charge in [0.2, 0.25) is 5.91 Å². The number of fused-ring (bicyclic) bond motifs is 1. The van der Waals surface area contributed by atoms with Gasteiger partial charge in [-0.2, -0.15) is 0 Å². The quantitative estimate of drug-likeness (QED) is 0.928. The van der Waals surface area contributed by atoms with E-state index in [0.29, 0.717) is 12.1 Å². The summed E-state index contributed by atoms with van der Waals surface area (Å²) in [6.45, 7) is 0. The van der Waals surface area contributed by atoms with Crippen molar-refractivity contribution in [1.82, 2.24) is 4.98 Å². The molecular formula is C15H13ClFN3O. The first kappa shape index (κ1) is 13.8. The largest absolute Gasteiger partial charge is 0.358 e. The van der Waals surface area contributed by atoms with Crippen LogP contribution in [-0.2, 0) is 11.2 Å². The van der Waals surface area contributed by atoms with Crippen LogP contribution in [0, 0.1) is 5.82 Å². The first-order chi connectivity index (χ1) is 10.1. The van der Waals surface area contributed by atoms with Crippen molar-refractivity contribution >= 4 is 29.0 Å². The Balaban J connectivity index is 1.78. The minimum Gasteiger partial charge on any atom is -0.358 e. The highest BCUT2D eigenvalue weighted by Gasteiger charge is 2.30. The molecule has 0 bridgehead atoms. The van der Waals surface area contributed by atoms with E-state index in [0.717, 1.165) is 11.4 Å². The SMILES string of the molecule is CN(C(=O)C1Cc2cccnc2N1)c1ccc(F)c(Cl)c1. The highest BCUT2D eigenvalue weighted by molar-refractivity contribution is 6.31. The van der Waals surface area contributed by atoms with Crippen LogP contribution < -0.4 is 10.2 Å². The second-order valence-corrected chi connectivity index (χ2v) is 5.32. The number of benzene rings is 1. The van der Waals surface area contributed by atoms with Gasteiger partial charge < -0.3 is 10.2 Å². The number of nitrogens with one attached hydrogen (secondary N) is 1.